The van der Waals surface area contributed by atoms with Crippen molar-refractivity contribution in [2.45, 2.75) is 13.8 Å². The van der Waals surface area contributed by atoms with Gasteiger partial charge in [-0.15, -0.1) is 0 Å². The molecule has 18 heavy (non-hydrogen) atoms. The van der Waals surface area contributed by atoms with Gasteiger partial charge < -0.3 is 5.11 Å². The van der Waals surface area contributed by atoms with Gasteiger partial charge in [-0.3, -0.25) is 14.9 Å². The van der Waals surface area contributed by atoms with E-state index in [-0.39, 0.29) is 5.91 Å². The zero-order chi connectivity index (χ0) is 13.3. The molecule has 0 spiro atoms. The van der Waals surface area contributed by atoms with Gasteiger partial charge in [0.25, 0.3) is 5.91 Å². The minimum Gasteiger partial charge on any atom is -0.465 e. The van der Waals surface area contributed by atoms with Gasteiger partial charge in [-0.25, -0.2) is 4.79 Å². The van der Waals surface area contributed by atoms with Crippen molar-refractivity contribution < 1.29 is 19.5 Å². The Balaban J connectivity index is 2.16. The van der Waals surface area contributed by atoms with Gasteiger partial charge in [-0.2, -0.15) is 5.06 Å². The second-order valence-electron chi connectivity index (χ2n) is 4.73. The molecule has 0 unspecified atom stereocenters. The molecule has 2 rings (SSSR count). The number of benzene rings is 1. The Hall–Kier alpha value is -2.08. The molecular formula is C12H14N2O4. The van der Waals surface area contributed by atoms with Crippen molar-refractivity contribution in [3.63, 3.8) is 0 Å². The Labute approximate surface area is 104 Å². The number of carbonyl (C=O) groups excluding carboxylic acids is 1. The highest BCUT2D eigenvalue weighted by Gasteiger charge is 2.41. The summed E-state index contributed by atoms with van der Waals surface area (Å²) in [6.07, 6.45) is -1.13. The summed E-state index contributed by atoms with van der Waals surface area (Å²) in [7, 11) is 0. The second-order valence-corrected chi connectivity index (χ2v) is 4.73. The van der Waals surface area contributed by atoms with Gasteiger partial charge in [0.1, 0.15) is 0 Å². The van der Waals surface area contributed by atoms with Crippen LogP contribution >= 0.6 is 0 Å². The van der Waals surface area contributed by atoms with Gasteiger partial charge in [-0.1, -0.05) is 0 Å². The third-order valence-corrected chi connectivity index (χ3v) is 2.67. The lowest BCUT2D eigenvalue weighted by molar-refractivity contribution is -0.124. The third-order valence-electron chi connectivity index (χ3n) is 2.67. The number of hydroxylamine groups is 1. The molecular weight excluding hydrogens is 236 g/mol. The molecule has 1 aliphatic rings. The average Bonchev–Trinajstić information content (AvgIpc) is 2.55. The smallest absolute Gasteiger partial charge is 0.409 e. The fraction of sp³-hybridized carbons (Fsp3) is 0.333. The third kappa shape index (κ3) is 2.28. The number of amides is 2. The molecule has 96 valence electrons. The van der Waals surface area contributed by atoms with E-state index >= 15 is 0 Å². The van der Waals surface area contributed by atoms with Crippen LogP contribution in [-0.2, 0) is 9.63 Å². The van der Waals surface area contributed by atoms with E-state index in [9.17, 15) is 9.59 Å². The summed E-state index contributed by atoms with van der Waals surface area (Å²) in [6.45, 7) is 3.96. The number of anilines is 2. The van der Waals surface area contributed by atoms with E-state index in [1.807, 2.05) is 13.8 Å². The van der Waals surface area contributed by atoms with Gasteiger partial charge in [0, 0.05) is 5.69 Å². The number of nitrogens with zero attached hydrogens (tertiary/aromatic N) is 1. The van der Waals surface area contributed by atoms with Crippen LogP contribution in [0.3, 0.4) is 0 Å². The highest BCUT2D eigenvalue weighted by molar-refractivity contribution is 5.97. The molecule has 1 aromatic rings. The molecule has 2 N–H and O–H groups in total. The predicted molar refractivity (Wildman–Crippen MR) is 65.3 cm³/mol. The van der Waals surface area contributed by atoms with Gasteiger partial charge >= 0.3 is 6.09 Å². The number of carbonyl (C=O) groups is 2. The molecule has 1 heterocycles. The maximum atomic E-state index is 12.0. The monoisotopic (exact) mass is 250 g/mol. The van der Waals surface area contributed by atoms with E-state index < -0.39 is 11.5 Å². The zero-order valence-corrected chi connectivity index (χ0v) is 10.1. The maximum absolute atomic E-state index is 12.0. The normalized spacial score (nSPS) is 17.9. The van der Waals surface area contributed by atoms with Crippen LogP contribution in [0.1, 0.15) is 13.8 Å². The summed E-state index contributed by atoms with van der Waals surface area (Å²) in [4.78, 5) is 27.8. The van der Waals surface area contributed by atoms with Gasteiger partial charge in [0.05, 0.1) is 17.7 Å². The molecule has 6 nitrogen and oxygen atoms in total. The summed E-state index contributed by atoms with van der Waals surface area (Å²) < 4.78 is 0. The molecule has 2 amide bonds. The van der Waals surface area contributed by atoms with Gasteiger partial charge in [0.2, 0.25) is 0 Å². The lowest BCUT2D eigenvalue weighted by Gasteiger charge is -2.16. The molecule has 1 fully saturated rings. The minimum absolute atomic E-state index is 0.110. The van der Waals surface area contributed by atoms with Crippen molar-refractivity contribution >= 4 is 23.4 Å². The van der Waals surface area contributed by atoms with Crippen molar-refractivity contribution in [3.05, 3.63) is 24.3 Å². The van der Waals surface area contributed by atoms with Crippen LogP contribution in [0.5, 0.6) is 0 Å². The Kier molecular flexibility index (Phi) is 2.96. The van der Waals surface area contributed by atoms with Gasteiger partial charge in [0.15, 0.2) is 0 Å². The molecule has 0 aliphatic carbocycles. The Bertz CT molecular complexity index is 481. The molecule has 1 saturated heterocycles. The standard InChI is InChI=1S/C12H14N2O4/c1-12(2)7-18-14(10(12)15)9-5-3-8(4-6-9)13-11(16)17/h3-6,13H,7H2,1-2H3,(H,16,17). The number of rotatable bonds is 2. The van der Waals surface area contributed by atoms with E-state index in [4.69, 9.17) is 9.94 Å². The van der Waals surface area contributed by atoms with Crippen LogP contribution in [-0.4, -0.2) is 23.7 Å². The van der Waals surface area contributed by atoms with Crippen molar-refractivity contribution in [2.24, 2.45) is 5.41 Å². The fourth-order valence-corrected chi connectivity index (χ4v) is 1.62. The average molecular weight is 250 g/mol. The first kappa shape index (κ1) is 12.4. The summed E-state index contributed by atoms with van der Waals surface area (Å²) in [5.74, 6) is -0.110. The van der Waals surface area contributed by atoms with Crippen molar-refractivity contribution in [1.29, 1.82) is 0 Å². The first-order chi connectivity index (χ1) is 8.40. The minimum atomic E-state index is -1.13. The van der Waals surface area contributed by atoms with Crippen LogP contribution in [0, 0.1) is 5.41 Å². The van der Waals surface area contributed by atoms with Crippen LogP contribution in [0.2, 0.25) is 0 Å². The molecule has 0 saturated carbocycles. The van der Waals surface area contributed by atoms with Crippen LogP contribution in [0.25, 0.3) is 0 Å². The first-order valence-electron chi connectivity index (χ1n) is 5.48. The summed E-state index contributed by atoms with van der Waals surface area (Å²) in [5, 5.41) is 12.0. The Morgan fingerprint density at radius 3 is 2.44 bits per heavy atom. The Morgan fingerprint density at radius 1 is 1.39 bits per heavy atom. The second kappa shape index (κ2) is 4.30. The molecule has 0 bridgehead atoms. The number of hydrogen-bond donors (Lipinski definition) is 2. The van der Waals surface area contributed by atoms with Crippen molar-refractivity contribution in [1.82, 2.24) is 0 Å². The molecule has 6 heteroatoms. The topological polar surface area (TPSA) is 78.9 Å². The quantitative estimate of drug-likeness (QED) is 0.842. The lowest BCUT2D eigenvalue weighted by atomic mass is 9.95. The molecule has 0 aromatic heterocycles. The predicted octanol–water partition coefficient (Wildman–Crippen LogP) is 2.08. The number of nitrogens with one attached hydrogen (secondary N) is 1. The molecule has 1 aromatic carbocycles. The van der Waals surface area contributed by atoms with E-state index in [0.29, 0.717) is 18.0 Å². The zero-order valence-electron chi connectivity index (χ0n) is 10.1. The van der Waals surface area contributed by atoms with Crippen molar-refractivity contribution in [2.75, 3.05) is 17.0 Å². The largest absolute Gasteiger partial charge is 0.465 e. The molecule has 0 atom stereocenters. The SMILES string of the molecule is CC1(C)CON(c2ccc(NC(=O)O)cc2)C1=O. The van der Waals surface area contributed by atoms with Crippen molar-refractivity contribution in [3.8, 4) is 0 Å². The van der Waals surface area contributed by atoms with E-state index in [2.05, 4.69) is 5.32 Å². The summed E-state index contributed by atoms with van der Waals surface area (Å²) in [5.41, 5.74) is 0.497. The highest BCUT2D eigenvalue weighted by Crippen LogP contribution is 2.31. The Morgan fingerprint density at radius 2 is 2.00 bits per heavy atom. The summed E-state index contributed by atoms with van der Waals surface area (Å²) in [6, 6.07) is 6.41. The highest BCUT2D eigenvalue weighted by atomic mass is 16.7. The molecule has 0 radical (unpaired) electrons. The summed E-state index contributed by atoms with van der Waals surface area (Å²) >= 11 is 0. The van der Waals surface area contributed by atoms with E-state index in [1.165, 1.54) is 5.06 Å². The number of carboxylic acid groups (broad SMARTS) is 1. The number of hydrogen-bond acceptors (Lipinski definition) is 3. The van der Waals surface area contributed by atoms with E-state index in [0.717, 1.165) is 0 Å². The van der Waals surface area contributed by atoms with Crippen LogP contribution in [0.4, 0.5) is 16.2 Å². The fourth-order valence-electron chi connectivity index (χ4n) is 1.62. The maximum Gasteiger partial charge on any atom is 0.409 e. The van der Waals surface area contributed by atoms with E-state index in [1.54, 1.807) is 24.3 Å². The lowest BCUT2D eigenvalue weighted by Crippen LogP contribution is -2.30. The van der Waals surface area contributed by atoms with Crippen LogP contribution in [0.15, 0.2) is 24.3 Å². The van der Waals surface area contributed by atoms with Gasteiger partial charge in [-0.05, 0) is 38.1 Å². The molecule has 1 aliphatic heterocycles. The first-order valence-corrected chi connectivity index (χ1v) is 5.48. The van der Waals surface area contributed by atoms with Crippen LogP contribution < -0.4 is 10.4 Å².